The molecule has 0 spiro atoms. The second kappa shape index (κ2) is 7.92. The van der Waals surface area contributed by atoms with Crippen molar-refractivity contribution in [2.75, 3.05) is 7.11 Å². The first-order valence-corrected chi connectivity index (χ1v) is 7.83. The first kappa shape index (κ1) is 17.2. The predicted octanol–water partition coefficient (Wildman–Crippen LogP) is 4.23. The van der Waals surface area contributed by atoms with E-state index in [1.165, 1.54) is 18.2 Å². The van der Waals surface area contributed by atoms with Crippen molar-refractivity contribution in [1.29, 1.82) is 0 Å². The summed E-state index contributed by atoms with van der Waals surface area (Å²) >= 11 is 3.33. The molecular weight excluding hydrogens is 361 g/mol. The van der Waals surface area contributed by atoms with Gasteiger partial charge in [-0.2, -0.15) is 0 Å². The molecule has 0 heterocycles. The van der Waals surface area contributed by atoms with Gasteiger partial charge in [-0.1, -0.05) is 27.6 Å². The number of amides is 1. The molecule has 3 nitrogen and oxygen atoms in total. The Bertz CT molecular complexity index is 744. The highest BCUT2D eigenvalue weighted by molar-refractivity contribution is 9.10. The molecule has 1 N–H and O–H groups in total. The summed E-state index contributed by atoms with van der Waals surface area (Å²) in [5.74, 6) is 0.106. The number of carbonyl (C=O) groups excluding carboxylic acids is 1. The number of halogens is 2. The molecule has 0 aromatic heterocycles. The molecular formula is C18H17BrFNO2. The van der Waals surface area contributed by atoms with E-state index < -0.39 is 0 Å². The quantitative estimate of drug-likeness (QED) is 0.791. The van der Waals surface area contributed by atoms with Gasteiger partial charge in [-0.3, -0.25) is 4.79 Å². The van der Waals surface area contributed by atoms with Crippen molar-refractivity contribution in [3.05, 3.63) is 69.5 Å². The molecule has 23 heavy (non-hydrogen) atoms. The minimum atomic E-state index is -0.336. The van der Waals surface area contributed by atoms with Gasteiger partial charge < -0.3 is 10.1 Å². The number of hydrogen-bond donors (Lipinski definition) is 1. The molecule has 0 aliphatic carbocycles. The SMILES string of the molecule is COc1ccc(C)cc1/C=C/C(=O)NCc1cc(F)ccc1Br. The summed E-state index contributed by atoms with van der Waals surface area (Å²) in [5, 5.41) is 2.73. The van der Waals surface area contributed by atoms with Crippen LogP contribution in [0.2, 0.25) is 0 Å². The largest absolute Gasteiger partial charge is 0.496 e. The average molecular weight is 378 g/mol. The zero-order valence-corrected chi connectivity index (χ0v) is 14.5. The third-order valence-electron chi connectivity index (χ3n) is 3.26. The van der Waals surface area contributed by atoms with Crippen molar-refractivity contribution in [3.8, 4) is 5.75 Å². The van der Waals surface area contributed by atoms with Gasteiger partial charge in [-0.05, 0) is 48.9 Å². The molecule has 0 bridgehead atoms. The number of hydrogen-bond acceptors (Lipinski definition) is 2. The van der Waals surface area contributed by atoms with Gasteiger partial charge >= 0.3 is 0 Å². The van der Waals surface area contributed by atoms with Crippen molar-refractivity contribution < 1.29 is 13.9 Å². The van der Waals surface area contributed by atoms with Gasteiger partial charge in [0, 0.05) is 22.7 Å². The Morgan fingerprint density at radius 2 is 2.09 bits per heavy atom. The van der Waals surface area contributed by atoms with Crippen LogP contribution in [0.5, 0.6) is 5.75 Å². The van der Waals surface area contributed by atoms with Crippen molar-refractivity contribution in [2.45, 2.75) is 13.5 Å². The van der Waals surface area contributed by atoms with E-state index in [1.807, 2.05) is 25.1 Å². The van der Waals surface area contributed by atoms with Gasteiger partial charge in [0.05, 0.1) is 7.11 Å². The molecule has 0 aliphatic rings. The zero-order chi connectivity index (χ0) is 16.8. The minimum absolute atomic E-state index is 0.243. The van der Waals surface area contributed by atoms with E-state index in [1.54, 1.807) is 19.3 Å². The highest BCUT2D eigenvalue weighted by Crippen LogP contribution is 2.21. The molecule has 2 rings (SSSR count). The molecule has 0 radical (unpaired) electrons. The van der Waals surface area contributed by atoms with Crippen LogP contribution >= 0.6 is 15.9 Å². The standard InChI is InChI=1S/C18H17BrFNO2/c1-12-3-7-17(23-2)13(9-12)4-8-18(22)21-11-14-10-15(20)5-6-16(14)19/h3-10H,11H2,1-2H3,(H,21,22)/b8-4+. The fraction of sp³-hybridized carbons (Fsp3) is 0.167. The lowest BCUT2D eigenvalue weighted by Gasteiger charge is -2.07. The van der Waals surface area contributed by atoms with Gasteiger partial charge in [-0.25, -0.2) is 4.39 Å². The number of aryl methyl sites for hydroxylation is 1. The highest BCUT2D eigenvalue weighted by Gasteiger charge is 2.04. The topological polar surface area (TPSA) is 38.3 Å². The summed E-state index contributed by atoms with van der Waals surface area (Å²) < 4.78 is 19.2. The lowest BCUT2D eigenvalue weighted by molar-refractivity contribution is -0.116. The number of rotatable bonds is 5. The first-order chi connectivity index (χ1) is 11.0. The van der Waals surface area contributed by atoms with E-state index in [0.717, 1.165) is 15.6 Å². The molecule has 120 valence electrons. The predicted molar refractivity (Wildman–Crippen MR) is 92.7 cm³/mol. The fourth-order valence-corrected chi connectivity index (χ4v) is 2.46. The molecule has 0 unspecified atom stereocenters. The summed E-state index contributed by atoms with van der Waals surface area (Å²) in [6.45, 7) is 2.21. The minimum Gasteiger partial charge on any atom is -0.496 e. The van der Waals surface area contributed by atoms with Crippen molar-refractivity contribution in [1.82, 2.24) is 5.32 Å². The number of benzene rings is 2. The molecule has 0 aliphatic heterocycles. The summed E-state index contributed by atoms with van der Waals surface area (Å²) in [6, 6.07) is 10.1. The molecule has 0 atom stereocenters. The zero-order valence-electron chi connectivity index (χ0n) is 12.9. The third-order valence-corrected chi connectivity index (χ3v) is 4.03. The summed E-state index contributed by atoms with van der Waals surface area (Å²) in [4.78, 5) is 11.9. The Morgan fingerprint density at radius 3 is 2.83 bits per heavy atom. The number of methoxy groups -OCH3 is 1. The lowest BCUT2D eigenvalue weighted by Crippen LogP contribution is -2.20. The van der Waals surface area contributed by atoms with Crippen LogP contribution in [-0.4, -0.2) is 13.0 Å². The number of carbonyl (C=O) groups is 1. The molecule has 0 saturated carbocycles. The van der Waals surface area contributed by atoms with Gasteiger partial charge in [0.15, 0.2) is 0 Å². The maximum Gasteiger partial charge on any atom is 0.244 e. The van der Waals surface area contributed by atoms with Crippen LogP contribution in [0.25, 0.3) is 6.08 Å². The maximum absolute atomic E-state index is 13.2. The normalized spacial score (nSPS) is 10.8. The molecule has 1 amide bonds. The highest BCUT2D eigenvalue weighted by atomic mass is 79.9. The van der Waals surface area contributed by atoms with Crippen LogP contribution in [-0.2, 0) is 11.3 Å². The van der Waals surface area contributed by atoms with Gasteiger partial charge in [0.2, 0.25) is 5.91 Å². The van der Waals surface area contributed by atoms with E-state index in [-0.39, 0.29) is 18.3 Å². The van der Waals surface area contributed by atoms with Gasteiger partial charge in [0.25, 0.3) is 0 Å². The second-order valence-electron chi connectivity index (χ2n) is 5.03. The summed E-state index contributed by atoms with van der Waals surface area (Å²) in [5.41, 5.74) is 2.59. The van der Waals surface area contributed by atoms with Crippen LogP contribution < -0.4 is 10.1 Å². The van der Waals surface area contributed by atoms with Crippen molar-refractivity contribution in [2.24, 2.45) is 0 Å². The Hall–Kier alpha value is -2.14. The lowest BCUT2D eigenvalue weighted by atomic mass is 10.1. The van der Waals surface area contributed by atoms with E-state index >= 15 is 0 Å². The third kappa shape index (κ3) is 4.93. The smallest absolute Gasteiger partial charge is 0.244 e. The summed E-state index contributed by atoms with van der Waals surface area (Å²) in [6.07, 6.45) is 3.13. The van der Waals surface area contributed by atoms with E-state index in [2.05, 4.69) is 21.2 Å². The van der Waals surface area contributed by atoms with Gasteiger partial charge in [-0.15, -0.1) is 0 Å². The van der Waals surface area contributed by atoms with E-state index in [0.29, 0.717) is 11.3 Å². The monoisotopic (exact) mass is 377 g/mol. The fourth-order valence-electron chi connectivity index (χ4n) is 2.07. The number of ether oxygens (including phenoxy) is 1. The van der Waals surface area contributed by atoms with Crippen LogP contribution in [0.4, 0.5) is 4.39 Å². The van der Waals surface area contributed by atoms with Crippen LogP contribution in [0, 0.1) is 12.7 Å². The Labute approximate surface area is 143 Å². The van der Waals surface area contributed by atoms with Crippen LogP contribution in [0.15, 0.2) is 46.9 Å². The van der Waals surface area contributed by atoms with Crippen molar-refractivity contribution >= 4 is 27.9 Å². The Kier molecular flexibility index (Phi) is 5.93. The molecule has 0 fully saturated rings. The molecule has 5 heteroatoms. The Balaban J connectivity index is 2.02. The molecule has 0 saturated heterocycles. The second-order valence-corrected chi connectivity index (χ2v) is 5.89. The summed E-state index contributed by atoms with van der Waals surface area (Å²) in [7, 11) is 1.59. The Morgan fingerprint density at radius 1 is 1.30 bits per heavy atom. The van der Waals surface area contributed by atoms with E-state index in [4.69, 9.17) is 4.74 Å². The van der Waals surface area contributed by atoms with Crippen LogP contribution in [0.1, 0.15) is 16.7 Å². The van der Waals surface area contributed by atoms with Crippen molar-refractivity contribution in [3.63, 3.8) is 0 Å². The first-order valence-electron chi connectivity index (χ1n) is 7.04. The molecule has 2 aromatic rings. The molecule has 2 aromatic carbocycles. The number of nitrogens with one attached hydrogen (secondary N) is 1. The average Bonchev–Trinajstić information content (AvgIpc) is 2.54. The maximum atomic E-state index is 13.2. The van der Waals surface area contributed by atoms with Gasteiger partial charge in [0.1, 0.15) is 11.6 Å². The van der Waals surface area contributed by atoms with E-state index in [9.17, 15) is 9.18 Å². The van der Waals surface area contributed by atoms with Crippen LogP contribution in [0.3, 0.4) is 0 Å².